The monoisotopic (exact) mass is 484 g/mol. The van der Waals surface area contributed by atoms with Gasteiger partial charge in [0.05, 0.1) is 21.3 Å². The summed E-state index contributed by atoms with van der Waals surface area (Å²) in [6.07, 6.45) is -1.83. The maximum atomic E-state index is 13.4. The molecule has 0 amide bonds. The van der Waals surface area contributed by atoms with Crippen molar-refractivity contribution >= 4 is 33.6 Å². The van der Waals surface area contributed by atoms with E-state index < -0.39 is 11.7 Å². The number of benzene rings is 1. The molecule has 0 aliphatic carbocycles. The third-order valence-corrected chi connectivity index (χ3v) is 5.44. The Hall–Kier alpha value is -1.07. The fourth-order valence-corrected chi connectivity index (χ4v) is 3.76. The molecule has 0 bridgehead atoms. The van der Waals surface area contributed by atoms with Gasteiger partial charge in [0.15, 0.2) is 12.0 Å². The van der Waals surface area contributed by atoms with E-state index in [9.17, 15) is 13.2 Å². The predicted molar refractivity (Wildman–Crippen MR) is 98.2 cm³/mol. The van der Waals surface area contributed by atoms with Gasteiger partial charge in [0, 0.05) is 13.7 Å². The van der Waals surface area contributed by atoms with Crippen LogP contribution in [0.25, 0.3) is 11.0 Å². The molecule has 1 saturated heterocycles. The van der Waals surface area contributed by atoms with Crippen LogP contribution in [0.15, 0.2) is 6.07 Å². The number of nitrogens with zero attached hydrogens (tertiary/aromatic N) is 2. The van der Waals surface area contributed by atoms with Crippen molar-refractivity contribution in [3.63, 3.8) is 0 Å². The van der Waals surface area contributed by atoms with E-state index in [1.807, 2.05) is 0 Å². The fourth-order valence-electron chi connectivity index (χ4n) is 2.89. The SMILES string of the molecule is Cc1nc2c(OCCOC3CCCCO3)c(I)c(C(F)(F)F)cc2n1C. The van der Waals surface area contributed by atoms with Gasteiger partial charge in [-0.05, 0) is 54.8 Å². The van der Waals surface area contributed by atoms with Gasteiger partial charge in [0.1, 0.15) is 17.9 Å². The number of alkyl halides is 3. The second-order valence-electron chi connectivity index (χ2n) is 6.17. The summed E-state index contributed by atoms with van der Waals surface area (Å²) in [4.78, 5) is 4.37. The standard InChI is InChI=1S/C17H20F3IN2O3/c1-10-22-15-12(23(10)2)9-11(17(18,19)20)14(21)16(15)26-8-7-25-13-5-3-4-6-24-13/h9,13H,3-8H2,1-2H3. The first kappa shape index (κ1) is 19.7. The van der Waals surface area contributed by atoms with Gasteiger partial charge in [-0.1, -0.05) is 0 Å². The average Bonchev–Trinajstić information content (AvgIpc) is 2.87. The molecular weight excluding hydrogens is 464 g/mol. The lowest BCUT2D eigenvalue weighted by molar-refractivity contribution is -0.165. The highest BCUT2D eigenvalue weighted by molar-refractivity contribution is 14.1. The third-order valence-electron chi connectivity index (χ3n) is 4.37. The smallest absolute Gasteiger partial charge is 0.417 e. The molecule has 2 aromatic rings. The van der Waals surface area contributed by atoms with E-state index in [-0.39, 0.29) is 28.8 Å². The third kappa shape index (κ3) is 4.09. The summed E-state index contributed by atoms with van der Waals surface area (Å²) in [7, 11) is 1.69. The molecule has 1 unspecified atom stereocenters. The van der Waals surface area contributed by atoms with Gasteiger partial charge >= 0.3 is 6.18 Å². The highest BCUT2D eigenvalue weighted by Crippen LogP contribution is 2.41. The lowest BCUT2D eigenvalue weighted by Gasteiger charge is -2.22. The van der Waals surface area contributed by atoms with E-state index >= 15 is 0 Å². The molecule has 1 aromatic carbocycles. The van der Waals surface area contributed by atoms with Crippen molar-refractivity contribution in [2.24, 2.45) is 7.05 Å². The van der Waals surface area contributed by atoms with Crippen LogP contribution < -0.4 is 4.74 Å². The van der Waals surface area contributed by atoms with E-state index in [1.54, 1.807) is 41.1 Å². The Labute approximate surface area is 162 Å². The molecule has 9 heteroatoms. The lowest BCUT2D eigenvalue weighted by atomic mass is 10.1. The second-order valence-corrected chi connectivity index (χ2v) is 7.24. The van der Waals surface area contributed by atoms with Crippen LogP contribution in [0.2, 0.25) is 0 Å². The van der Waals surface area contributed by atoms with Crippen molar-refractivity contribution in [3.05, 3.63) is 21.0 Å². The van der Waals surface area contributed by atoms with Gasteiger partial charge < -0.3 is 18.8 Å². The Kier molecular flexibility index (Phi) is 5.97. The van der Waals surface area contributed by atoms with Crippen LogP contribution in [0.3, 0.4) is 0 Å². The van der Waals surface area contributed by atoms with E-state index in [0.29, 0.717) is 23.5 Å². The van der Waals surface area contributed by atoms with Crippen LogP contribution in [-0.2, 0) is 22.7 Å². The quantitative estimate of drug-likeness (QED) is 0.466. The van der Waals surface area contributed by atoms with Crippen LogP contribution in [0.4, 0.5) is 13.2 Å². The van der Waals surface area contributed by atoms with Gasteiger partial charge in [-0.15, -0.1) is 0 Å². The number of hydrogen-bond donors (Lipinski definition) is 0. The van der Waals surface area contributed by atoms with E-state index in [1.165, 1.54) is 0 Å². The summed E-state index contributed by atoms with van der Waals surface area (Å²) in [6, 6.07) is 1.12. The molecule has 1 atom stereocenters. The predicted octanol–water partition coefficient (Wildman–Crippen LogP) is 4.43. The molecule has 1 fully saturated rings. The Bertz CT molecular complexity index is 786. The highest BCUT2D eigenvalue weighted by Gasteiger charge is 2.36. The summed E-state index contributed by atoms with van der Waals surface area (Å²) in [6.45, 7) is 2.78. The Morgan fingerprint density at radius 3 is 2.77 bits per heavy atom. The maximum absolute atomic E-state index is 13.4. The molecular formula is C17H20F3IN2O3. The molecule has 144 valence electrons. The first-order valence-electron chi connectivity index (χ1n) is 8.37. The average molecular weight is 484 g/mol. The van der Waals surface area contributed by atoms with E-state index in [2.05, 4.69) is 4.98 Å². The first-order valence-corrected chi connectivity index (χ1v) is 9.45. The number of rotatable bonds is 5. The van der Waals surface area contributed by atoms with Crippen molar-refractivity contribution in [2.45, 2.75) is 38.7 Å². The van der Waals surface area contributed by atoms with Crippen LogP contribution in [-0.4, -0.2) is 35.7 Å². The van der Waals surface area contributed by atoms with Gasteiger partial charge in [-0.2, -0.15) is 13.2 Å². The Morgan fingerprint density at radius 1 is 1.35 bits per heavy atom. The zero-order valence-corrected chi connectivity index (χ0v) is 16.7. The van der Waals surface area contributed by atoms with Crippen molar-refractivity contribution < 1.29 is 27.4 Å². The molecule has 5 nitrogen and oxygen atoms in total. The van der Waals surface area contributed by atoms with Crippen LogP contribution in [0.1, 0.15) is 30.7 Å². The molecule has 26 heavy (non-hydrogen) atoms. The highest BCUT2D eigenvalue weighted by atomic mass is 127. The molecule has 0 N–H and O–H groups in total. The van der Waals surface area contributed by atoms with Gasteiger partial charge in [0.2, 0.25) is 0 Å². The minimum absolute atomic E-state index is 0.00890. The zero-order valence-electron chi connectivity index (χ0n) is 14.5. The summed E-state index contributed by atoms with van der Waals surface area (Å²) in [5, 5.41) is 0. The minimum atomic E-state index is -4.46. The topological polar surface area (TPSA) is 45.5 Å². The number of halogens is 4. The second kappa shape index (κ2) is 7.89. The molecule has 0 radical (unpaired) electrons. The van der Waals surface area contributed by atoms with Gasteiger partial charge in [-0.3, -0.25) is 0 Å². The zero-order chi connectivity index (χ0) is 18.9. The maximum Gasteiger partial charge on any atom is 0.417 e. The van der Waals surface area contributed by atoms with Crippen molar-refractivity contribution in [2.75, 3.05) is 19.8 Å². The van der Waals surface area contributed by atoms with Gasteiger partial charge in [0.25, 0.3) is 0 Å². The molecule has 1 aliphatic heterocycles. The number of fused-ring (bicyclic) bond motifs is 1. The van der Waals surface area contributed by atoms with Gasteiger partial charge in [-0.25, -0.2) is 4.98 Å². The number of aromatic nitrogens is 2. The normalized spacial score (nSPS) is 18.5. The van der Waals surface area contributed by atoms with E-state index in [0.717, 1.165) is 25.3 Å². The molecule has 0 saturated carbocycles. The Morgan fingerprint density at radius 2 is 2.12 bits per heavy atom. The molecule has 3 rings (SSSR count). The summed E-state index contributed by atoms with van der Waals surface area (Å²) >= 11 is 1.67. The van der Waals surface area contributed by atoms with Crippen LogP contribution in [0, 0.1) is 10.5 Å². The summed E-state index contributed by atoms with van der Waals surface area (Å²) in [5.74, 6) is 0.763. The molecule has 0 spiro atoms. The number of aryl methyl sites for hydroxylation is 2. The number of hydrogen-bond acceptors (Lipinski definition) is 4. The first-order chi connectivity index (χ1) is 12.3. The van der Waals surface area contributed by atoms with Crippen molar-refractivity contribution in [3.8, 4) is 5.75 Å². The summed E-state index contributed by atoms with van der Waals surface area (Å²) < 4.78 is 58.5. The number of ether oxygens (including phenoxy) is 3. The summed E-state index contributed by atoms with van der Waals surface area (Å²) in [5.41, 5.74) is 0.0956. The van der Waals surface area contributed by atoms with Crippen molar-refractivity contribution in [1.29, 1.82) is 0 Å². The lowest BCUT2D eigenvalue weighted by Crippen LogP contribution is -2.24. The van der Waals surface area contributed by atoms with Crippen molar-refractivity contribution in [1.82, 2.24) is 9.55 Å². The molecule has 2 heterocycles. The molecule has 1 aliphatic rings. The Balaban J connectivity index is 1.81. The van der Waals surface area contributed by atoms with Crippen LogP contribution in [0.5, 0.6) is 5.75 Å². The number of imidazole rings is 1. The fraction of sp³-hybridized carbons (Fsp3) is 0.588. The largest absolute Gasteiger partial charge is 0.488 e. The molecule has 1 aromatic heterocycles. The minimum Gasteiger partial charge on any atom is -0.488 e. The van der Waals surface area contributed by atoms with Crippen LogP contribution >= 0.6 is 22.6 Å². The van der Waals surface area contributed by atoms with E-state index in [4.69, 9.17) is 14.2 Å².